The summed E-state index contributed by atoms with van der Waals surface area (Å²) in [6.45, 7) is 12.9. The summed E-state index contributed by atoms with van der Waals surface area (Å²) in [5, 5.41) is 25.2. The summed E-state index contributed by atoms with van der Waals surface area (Å²) in [6, 6.07) is 10.9. The smallest absolute Gasteiger partial charge is 0.257 e. The van der Waals surface area contributed by atoms with E-state index in [4.69, 9.17) is 4.43 Å². The molecule has 4 N–H and O–H groups in total. The molecule has 0 fully saturated rings. The van der Waals surface area contributed by atoms with Crippen LogP contribution < -0.4 is 16.0 Å². The van der Waals surface area contributed by atoms with Crippen LogP contribution in [0.3, 0.4) is 0 Å². The van der Waals surface area contributed by atoms with Crippen molar-refractivity contribution in [2.24, 2.45) is 0 Å². The van der Waals surface area contributed by atoms with Crippen molar-refractivity contribution < 1.29 is 23.1 Å². The van der Waals surface area contributed by atoms with Crippen molar-refractivity contribution in [3.8, 4) is 0 Å². The van der Waals surface area contributed by atoms with Crippen LogP contribution in [0.5, 0.6) is 0 Å². The van der Waals surface area contributed by atoms with Gasteiger partial charge in [0.05, 0.1) is 30.5 Å². The van der Waals surface area contributed by atoms with Crippen LogP contribution in [0.2, 0.25) is 18.1 Å². The van der Waals surface area contributed by atoms with Gasteiger partial charge < -0.3 is 25.5 Å². The Balaban J connectivity index is 1.41. The molecule has 0 spiro atoms. The molecular formula is C32H41F2N7O3Si. The Kier molecular flexibility index (Phi) is 9.24. The van der Waals surface area contributed by atoms with Gasteiger partial charge in [-0.1, -0.05) is 45.0 Å². The van der Waals surface area contributed by atoms with Gasteiger partial charge in [-0.15, -0.1) is 0 Å². The van der Waals surface area contributed by atoms with Gasteiger partial charge in [0.2, 0.25) is 5.95 Å². The van der Waals surface area contributed by atoms with Crippen LogP contribution in [-0.2, 0) is 17.4 Å². The number of benzene rings is 2. The summed E-state index contributed by atoms with van der Waals surface area (Å²) in [5.41, 5.74) is 4.15. The molecule has 0 saturated carbocycles. The van der Waals surface area contributed by atoms with E-state index in [1.54, 1.807) is 12.3 Å². The van der Waals surface area contributed by atoms with Crippen LogP contribution >= 0.6 is 0 Å². The van der Waals surface area contributed by atoms with Gasteiger partial charge >= 0.3 is 0 Å². The number of aryl methyl sites for hydroxylation is 1. The zero-order valence-electron chi connectivity index (χ0n) is 26.5. The van der Waals surface area contributed by atoms with Gasteiger partial charge in [0.1, 0.15) is 17.9 Å². The number of nitrogens with one attached hydrogen (secondary N) is 3. The van der Waals surface area contributed by atoms with Gasteiger partial charge in [0, 0.05) is 30.2 Å². The number of rotatable bonds is 11. The molecule has 240 valence electrons. The summed E-state index contributed by atoms with van der Waals surface area (Å²) >= 11 is 0. The van der Waals surface area contributed by atoms with Gasteiger partial charge in [0.25, 0.3) is 12.3 Å². The van der Waals surface area contributed by atoms with Gasteiger partial charge in [0.15, 0.2) is 8.32 Å². The second kappa shape index (κ2) is 12.8. The second-order valence-corrected chi connectivity index (χ2v) is 17.8. The number of hydrogen-bond donors (Lipinski definition) is 4. The minimum atomic E-state index is -2.55. The highest BCUT2D eigenvalue weighted by Gasteiger charge is 2.37. The van der Waals surface area contributed by atoms with Crippen molar-refractivity contribution in [1.82, 2.24) is 25.1 Å². The first-order chi connectivity index (χ1) is 21.2. The molecule has 13 heteroatoms. The van der Waals surface area contributed by atoms with Crippen molar-refractivity contribution in [3.05, 3.63) is 71.0 Å². The normalized spacial score (nSPS) is 16.7. The van der Waals surface area contributed by atoms with Crippen molar-refractivity contribution in [3.63, 3.8) is 0 Å². The topological polar surface area (TPSA) is 126 Å². The molecule has 2 atom stereocenters. The van der Waals surface area contributed by atoms with E-state index in [1.165, 1.54) is 10.9 Å². The first-order valence-corrected chi connectivity index (χ1v) is 18.0. The zero-order chi connectivity index (χ0) is 32.5. The standard InChI is InChI=1S/C32H41F2N7O3Si/c1-19-13-21-16-37-41(18-27(33)34)25(21)15-24(19)38-31-36-17-23(30(43)35-11-12-44-45(5,6)32(2,3)4)29(40-31)39-28-22-10-8-7-9-20(22)14-26(28)42/h7-10,13,15-17,26-28,42H,11-12,14,18H2,1-6H3,(H,35,43)(H2,36,38,39,40)/t26-,28+/m1/s1. The van der Waals surface area contributed by atoms with E-state index in [2.05, 4.69) is 64.9 Å². The Morgan fingerprint density at radius 2 is 1.96 bits per heavy atom. The van der Waals surface area contributed by atoms with Gasteiger partial charge in [-0.2, -0.15) is 10.1 Å². The fourth-order valence-corrected chi connectivity index (χ4v) is 6.21. The number of aromatic nitrogens is 4. The maximum Gasteiger partial charge on any atom is 0.257 e. The molecule has 0 saturated heterocycles. The lowest BCUT2D eigenvalue weighted by molar-refractivity contribution is 0.0945. The quantitative estimate of drug-likeness (QED) is 0.117. The van der Waals surface area contributed by atoms with E-state index in [0.717, 1.165) is 22.1 Å². The fourth-order valence-electron chi connectivity index (χ4n) is 5.17. The molecule has 0 unspecified atom stereocenters. The monoisotopic (exact) mass is 637 g/mol. The van der Waals surface area contributed by atoms with E-state index in [-0.39, 0.29) is 28.3 Å². The number of carbonyl (C=O) groups excluding carboxylic acids is 1. The Labute approximate surface area is 262 Å². The average molecular weight is 638 g/mol. The number of aliphatic hydroxyl groups is 1. The first-order valence-electron chi connectivity index (χ1n) is 15.1. The van der Waals surface area contributed by atoms with E-state index in [9.17, 15) is 18.7 Å². The molecule has 1 aliphatic rings. The number of anilines is 3. The van der Waals surface area contributed by atoms with E-state index < -0.39 is 33.4 Å². The summed E-state index contributed by atoms with van der Waals surface area (Å²) in [7, 11) is -1.97. The number of aliphatic hydroxyl groups excluding tert-OH is 1. The van der Waals surface area contributed by atoms with E-state index in [0.29, 0.717) is 30.8 Å². The maximum absolute atomic E-state index is 13.4. The summed E-state index contributed by atoms with van der Waals surface area (Å²) in [5.74, 6) is 0.0631. The van der Waals surface area contributed by atoms with Crippen LogP contribution in [0.15, 0.2) is 48.8 Å². The van der Waals surface area contributed by atoms with Crippen molar-refractivity contribution in [2.45, 2.75) is 77.4 Å². The van der Waals surface area contributed by atoms with Crippen LogP contribution in [0.4, 0.5) is 26.2 Å². The second-order valence-electron chi connectivity index (χ2n) is 13.0. The van der Waals surface area contributed by atoms with E-state index in [1.807, 2.05) is 37.3 Å². The molecule has 4 aromatic rings. The molecule has 2 aromatic heterocycles. The summed E-state index contributed by atoms with van der Waals surface area (Å²) < 4.78 is 33.7. The van der Waals surface area contributed by atoms with Crippen molar-refractivity contribution >= 4 is 42.6 Å². The zero-order valence-corrected chi connectivity index (χ0v) is 27.5. The summed E-state index contributed by atoms with van der Waals surface area (Å²) in [6.07, 6.45) is 0.201. The molecule has 1 amide bonds. The lowest BCUT2D eigenvalue weighted by Gasteiger charge is -2.36. The van der Waals surface area contributed by atoms with Crippen molar-refractivity contribution in [1.29, 1.82) is 0 Å². The van der Waals surface area contributed by atoms with Gasteiger partial charge in [-0.05, 0) is 53.9 Å². The number of halogens is 2. The number of amides is 1. The molecular weight excluding hydrogens is 596 g/mol. The Bertz CT molecular complexity index is 1690. The molecule has 0 radical (unpaired) electrons. The lowest BCUT2D eigenvalue weighted by atomic mass is 10.1. The number of carbonyl (C=O) groups is 1. The van der Waals surface area contributed by atoms with Gasteiger partial charge in [-0.3, -0.25) is 9.48 Å². The van der Waals surface area contributed by atoms with Crippen LogP contribution in [0, 0.1) is 6.92 Å². The van der Waals surface area contributed by atoms with Crippen LogP contribution in [0.1, 0.15) is 53.9 Å². The minimum absolute atomic E-state index is 0.0502. The third-order valence-electron chi connectivity index (χ3n) is 8.73. The van der Waals surface area contributed by atoms with Crippen LogP contribution in [0.25, 0.3) is 10.9 Å². The predicted octanol–water partition coefficient (Wildman–Crippen LogP) is 5.97. The minimum Gasteiger partial charge on any atom is -0.415 e. The molecule has 0 bridgehead atoms. The molecule has 5 rings (SSSR count). The van der Waals surface area contributed by atoms with Gasteiger partial charge in [-0.25, -0.2) is 13.8 Å². The lowest BCUT2D eigenvalue weighted by Crippen LogP contribution is -2.42. The molecule has 0 aliphatic heterocycles. The van der Waals surface area contributed by atoms with E-state index >= 15 is 0 Å². The highest BCUT2D eigenvalue weighted by Crippen LogP contribution is 2.37. The number of hydrogen-bond acceptors (Lipinski definition) is 8. The third kappa shape index (κ3) is 7.15. The molecule has 2 heterocycles. The number of fused-ring (bicyclic) bond motifs is 2. The highest BCUT2D eigenvalue weighted by molar-refractivity contribution is 6.74. The Morgan fingerprint density at radius 1 is 1.20 bits per heavy atom. The van der Waals surface area contributed by atoms with Crippen molar-refractivity contribution in [2.75, 3.05) is 23.8 Å². The molecule has 1 aliphatic carbocycles. The summed E-state index contributed by atoms with van der Waals surface area (Å²) in [4.78, 5) is 22.5. The first kappa shape index (κ1) is 32.5. The molecule has 45 heavy (non-hydrogen) atoms. The fraction of sp³-hybridized carbons (Fsp3) is 0.438. The third-order valence-corrected chi connectivity index (χ3v) is 13.3. The van der Waals surface area contributed by atoms with Crippen LogP contribution in [-0.4, -0.2) is 64.8 Å². The predicted molar refractivity (Wildman–Crippen MR) is 174 cm³/mol. The molecule has 2 aromatic carbocycles. The SMILES string of the molecule is Cc1cc2cnn(CC(F)F)c2cc1Nc1ncc(C(=O)NCCO[Si](C)(C)C(C)(C)C)c(N[C@H]2c3ccccc3C[C@H]2O)n1. The largest absolute Gasteiger partial charge is 0.415 e. The Morgan fingerprint density at radius 3 is 2.69 bits per heavy atom. The number of nitrogens with zero attached hydrogens (tertiary/aromatic N) is 4. The maximum atomic E-state index is 13.4. The molecule has 10 nitrogen and oxygen atoms in total. The average Bonchev–Trinajstić information content (AvgIpc) is 3.49. The highest BCUT2D eigenvalue weighted by atomic mass is 28.4. The number of alkyl halides is 2. The Hall–Kier alpha value is -3.94.